The molecule has 0 unspecified atom stereocenters. The second kappa shape index (κ2) is 4.08. The van der Waals surface area contributed by atoms with Crippen molar-refractivity contribution in [2.45, 2.75) is 26.3 Å². The predicted molar refractivity (Wildman–Crippen MR) is 65.7 cm³/mol. The minimum absolute atomic E-state index is 0.149. The minimum atomic E-state index is -1.01. The van der Waals surface area contributed by atoms with Crippen LogP contribution in [0.3, 0.4) is 0 Å². The molecule has 1 saturated heterocycles. The Kier molecular flexibility index (Phi) is 2.84. The summed E-state index contributed by atoms with van der Waals surface area (Å²) in [4.78, 5) is 25.1. The molecule has 0 aromatic heterocycles. The number of halogens is 1. The smallest absolute Gasteiger partial charge is 0.252 e. The molecular weight excluding hydrogens is 235 g/mol. The second-order valence-electron chi connectivity index (χ2n) is 4.97. The van der Waals surface area contributed by atoms with Crippen LogP contribution in [0.4, 0.5) is 10.1 Å². The summed E-state index contributed by atoms with van der Waals surface area (Å²) in [5.74, 6) is -1.09. The Morgan fingerprint density at radius 1 is 1.33 bits per heavy atom. The van der Waals surface area contributed by atoms with Crippen LogP contribution in [0.15, 0.2) is 18.2 Å². The fourth-order valence-corrected chi connectivity index (χ4v) is 2.14. The van der Waals surface area contributed by atoms with Gasteiger partial charge in [0.2, 0.25) is 5.91 Å². The number of amides is 2. The molecule has 1 N–H and O–H groups in total. The summed E-state index contributed by atoms with van der Waals surface area (Å²) in [5, 5.41) is 2.59. The highest BCUT2D eigenvalue weighted by atomic mass is 19.1. The summed E-state index contributed by atoms with van der Waals surface area (Å²) in [6, 6.07) is 4.58. The van der Waals surface area contributed by atoms with E-state index in [1.807, 2.05) is 0 Å². The number of para-hydroxylation sites is 1. The molecule has 0 bridgehead atoms. The standard InChI is InChI=1S/C13H15FN2O2/c1-8-5-4-6-9(14)11(8)16-7-10(17)15-13(2,3)12(16)18/h4-6H,7H2,1-3H3,(H,15,17). The van der Waals surface area contributed by atoms with Crippen molar-refractivity contribution in [3.8, 4) is 0 Å². The van der Waals surface area contributed by atoms with Crippen LogP contribution in [0, 0.1) is 12.7 Å². The van der Waals surface area contributed by atoms with Gasteiger partial charge >= 0.3 is 0 Å². The monoisotopic (exact) mass is 250 g/mol. The topological polar surface area (TPSA) is 49.4 Å². The molecule has 5 heteroatoms. The lowest BCUT2D eigenvalue weighted by Crippen LogP contribution is -2.64. The van der Waals surface area contributed by atoms with Crippen molar-refractivity contribution >= 4 is 17.5 Å². The number of carbonyl (C=O) groups is 2. The van der Waals surface area contributed by atoms with E-state index in [-0.39, 0.29) is 24.0 Å². The summed E-state index contributed by atoms with van der Waals surface area (Å²) >= 11 is 0. The molecular formula is C13H15FN2O2. The molecule has 1 aromatic carbocycles. The molecule has 4 nitrogen and oxygen atoms in total. The highest BCUT2D eigenvalue weighted by molar-refractivity contribution is 6.09. The number of carbonyl (C=O) groups excluding carboxylic acids is 2. The number of benzene rings is 1. The van der Waals surface area contributed by atoms with E-state index < -0.39 is 11.4 Å². The van der Waals surface area contributed by atoms with Crippen molar-refractivity contribution in [1.82, 2.24) is 5.32 Å². The average molecular weight is 250 g/mol. The zero-order chi connectivity index (χ0) is 13.5. The van der Waals surface area contributed by atoms with Gasteiger partial charge in [0.1, 0.15) is 17.9 Å². The summed E-state index contributed by atoms with van der Waals surface area (Å²) in [6.07, 6.45) is 0. The normalized spacial score (nSPS) is 18.8. The molecule has 0 radical (unpaired) electrons. The molecule has 0 spiro atoms. The average Bonchev–Trinajstić information content (AvgIpc) is 2.24. The van der Waals surface area contributed by atoms with Gasteiger partial charge in [0.05, 0.1) is 5.69 Å². The number of nitrogens with zero attached hydrogens (tertiary/aromatic N) is 1. The third-order valence-corrected chi connectivity index (χ3v) is 2.99. The lowest BCUT2D eigenvalue weighted by atomic mass is 9.99. The van der Waals surface area contributed by atoms with E-state index in [2.05, 4.69) is 5.32 Å². The summed E-state index contributed by atoms with van der Waals surface area (Å²) in [5.41, 5.74) is -0.191. The maximum atomic E-state index is 13.9. The van der Waals surface area contributed by atoms with Crippen LogP contribution < -0.4 is 10.2 Å². The Hall–Kier alpha value is -1.91. The maximum Gasteiger partial charge on any atom is 0.252 e. The minimum Gasteiger partial charge on any atom is -0.341 e. The van der Waals surface area contributed by atoms with Gasteiger partial charge in [-0.15, -0.1) is 0 Å². The number of piperazine rings is 1. The first-order valence-electron chi connectivity index (χ1n) is 5.71. The van der Waals surface area contributed by atoms with E-state index >= 15 is 0 Å². The van der Waals surface area contributed by atoms with Gasteiger partial charge in [-0.1, -0.05) is 12.1 Å². The molecule has 1 fully saturated rings. The third kappa shape index (κ3) is 1.96. The van der Waals surface area contributed by atoms with Gasteiger partial charge in [-0.3, -0.25) is 14.5 Å². The first-order valence-corrected chi connectivity index (χ1v) is 5.71. The molecule has 0 saturated carbocycles. The van der Waals surface area contributed by atoms with Gasteiger partial charge in [-0.2, -0.15) is 0 Å². The highest BCUT2D eigenvalue weighted by Gasteiger charge is 2.40. The van der Waals surface area contributed by atoms with Crippen molar-refractivity contribution in [3.05, 3.63) is 29.6 Å². The van der Waals surface area contributed by atoms with Crippen LogP contribution in [0.25, 0.3) is 0 Å². The fourth-order valence-electron chi connectivity index (χ4n) is 2.14. The van der Waals surface area contributed by atoms with Gasteiger partial charge in [0.15, 0.2) is 0 Å². The maximum absolute atomic E-state index is 13.9. The van der Waals surface area contributed by atoms with Crippen LogP contribution in [-0.4, -0.2) is 23.9 Å². The molecule has 1 heterocycles. The highest BCUT2D eigenvalue weighted by Crippen LogP contribution is 2.27. The Bertz CT molecular complexity index is 505. The Morgan fingerprint density at radius 3 is 2.61 bits per heavy atom. The van der Waals surface area contributed by atoms with Crippen LogP contribution >= 0.6 is 0 Å². The molecule has 1 aromatic rings. The van der Waals surface area contributed by atoms with Gasteiger partial charge < -0.3 is 5.32 Å². The summed E-state index contributed by atoms with van der Waals surface area (Å²) < 4.78 is 13.9. The molecule has 96 valence electrons. The summed E-state index contributed by atoms with van der Waals surface area (Å²) in [6.45, 7) is 4.78. The van der Waals surface area contributed by atoms with Crippen LogP contribution in [-0.2, 0) is 9.59 Å². The largest absolute Gasteiger partial charge is 0.341 e. The lowest BCUT2D eigenvalue weighted by Gasteiger charge is -2.38. The first-order chi connectivity index (χ1) is 8.33. The lowest BCUT2D eigenvalue weighted by molar-refractivity contribution is -0.134. The van der Waals surface area contributed by atoms with E-state index in [9.17, 15) is 14.0 Å². The zero-order valence-corrected chi connectivity index (χ0v) is 10.6. The van der Waals surface area contributed by atoms with E-state index in [0.29, 0.717) is 5.56 Å². The molecule has 0 atom stereocenters. The predicted octanol–water partition coefficient (Wildman–Crippen LogP) is 1.38. The van der Waals surface area contributed by atoms with Gasteiger partial charge in [-0.25, -0.2) is 4.39 Å². The molecule has 0 aliphatic carbocycles. The van der Waals surface area contributed by atoms with Crippen molar-refractivity contribution in [2.24, 2.45) is 0 Å². The van der Waals surface area contributed by atoms with Crippen molar-refractivity contribution in [1.29, 1.82) is 0 Å². The number of aryl methyl sites for hydroxylation is 1. The Labute approximate surface area is 105 Å². The fraction of sp³-hybridized carbons (Fsp3) is 0.385. The molecule has 18 heavy (non-hydrogen) atoms. The number of nitrogens with one attached hydrogen (secondary N) is 1. The number of rotatable bonds is 1. The van der Waals surface area contributed by atoms with Crippen LogP contribution in [0.5, 0.6) is 0 Å². The van der Waals surface area contributed by atoms with Gasteiger partial charge in [-0.05, 0) is 32.4 Å². The van der Waals surface area contributed by atoms with Crippen LogP contribution in [0.2, 0.25) is 0 Å². The van der Waals surface area contributed by atoms with Crippen LogP contribution in [0.1, 0.15) is 19.4 Å². The number of hydrogen-bond acceptors (Lipinski definition) is 2. The Balaban J connectivity index is 2.50. The second-order valence-corrected chi connectivity index (χ2v) is 4.97. The van der Waals surface area contributed by atoms with Gasteiger partial charge in [0.25, 0.3) is 5.91 Å². The SMILES string of the molecule is Cc1cccc(F)c1N1CC(=O)NC(C)(C)C1=O. The van der Waals surface area contributed by atoms with Crippen molar-refractivity contribution in [3.63, 3.8) is 0 Å². The molecule has 1 aliphatic heterocycles. The van der Waals surface area contributed by atoms with E-state index in [0.717, 1.165) is 0 Å². The quantitative estimate of drug-likeness (QED) is 0.818. The van der Waals surface area contributed by atoms with Crippen molar-refractivity contribution in [2.75, 3.05) is 11.4 Å². The summed E-state index contributed by atoms with van der Waals surface area (Å²) in [7, 11) is 0. The third-order valence-electron chi connectivity index (χ3n) is 2.99. The first kappa shape index (κ1) is 12.5. The zero-order valence-electron chi connectivity index (χ0n) is 10.6. The molecule has 2 rings (SSSR count). The number of hydrogen-bond donors (Lipinski definition) is 1. The van der Waals surface area contributed by atoms with Gasteiger partial charge in [0, 0.05) is 0 Å². The Morgan fingerprint density at radius 2 is 2.00 bits per heavy atom. The number of anilines is 1. The molecule has 2 amide bonds. The van der Waals surface area contributed by atoms with E-state index in [4.69, 9.17) is 0 Å². The van der Waals surface area contributed by atoms with Crippen molar-refractivity contribution < 1.29 is 14.0 Å². The van der Waals surface area contributed by atoms with E-state index in [1.165, 1.54) is 11.0 Å². The molecule has 1 aliphatic rings. The van der Waals surface area contributed by atoms with E-state index in [1.54, 1.807) is 32.9 Å².